The quantitative estimate of drug-likeness (QED) is 0.674. The highest BCUT2D eigenvalue weighted by atomic mass is 16.3. The summed E-state index contributed by atoms with van der Waals surface area (Å²) in [6, 6.07) is 5.92. The Hall–Kier alpha value is -1.59. The molecule has 0 aliphatic heterocycles. The molecule has 0 fully saturated rings. The van der Waals surface area contributed by atoms with Crippen molar-refractivity contribution in [3.05, 3.63) is 34.2 Å². The minimum Gasteiger partial charge on any atom is -0.389 e. The molecular weight excluding hydrogens is 254 g/mol. The van der Waals surface area contributed by atoms with Crippen LogP contribution in [0.25, 0.3) is 11.0 Å². The van der Waals surface area contributed by atoms with Gasteiger partial charge in [-0.15, -0.1) is 0 Å². The number of rotatable bonds is 5. The van der Waals surface area contributed by atoms with Gasteiger partial charge >= 0.3 is 5.69 Å². The van der Waals surface area contributed by atoms with Crippen LogP contribution >= 0.6 is 0 Å². The van der Waals surface area contributed by atoms with E-state index in [2.05, 4.69) is 15.3 Å². The summed E-state index contributed by atoms with van der Waals surface area (Å²) < 4.78 is 0. The van der Waals surface area contributed by atoms with Gasteiger partial charge in [-0.05, 0) is 37.5 Å². The standard InChI is InChI=1S/C15H23N3O2/c1-9(2)15(4,20)8-16-10(3)11-5-6-12-13(7-11)18-14(19)17-12/h5-7,9-10,16,20H,8H2,1-4H3,(H2,17,18,19). The van der Waals surface area contributed by atoms with Crippen LogP contribution < -0.4 is 11.0 Å². The van der Waals surface area contributed by atoms with Crippen molar-refractivity contribution < 1.29 is 5.11 Å². The first-order chi connectivity index (χ1) is 9.29. The van der Waals surface area contributed by atoms with Gasteiger partial charge in [-0.25, -0.2) is 4.79 Å². The van der Waals surface area contributed by atoms with Gasteiger partial charge < -0.3 is 20.4 Å². The topological polar surface area (TPSA) is 80.9 Å². The smallest absolute Gasteiger partial charge is 0.323 e. The highest BCUT2D eigenvalue weighted by molar-refractivity contribution is 5.75. The Kier molecular flexibility index (Phi) is 4.01. The zero-order valence-corrected chi connectivity index (χ0v) is 12.4. The molecule has 1 heterocycles. The average molecular weight is 277 g/mol. The Bertz CT molecular complexity index is 640. The van der Waals surface area contributed by atoms with Crippen LogP contribution in [0.2, 0.25) is 0 Å². The molecule has 1 aromatic heterocycles. The number of aromatic nitrogens is 2. The number of benzene rings is 1. The Balaban J connectivity index is 2.11. The summed E-state index contributed by atoms with van der Waals surface area (Å²) >= 11 is 0. The van der Waals surface area contributed by atoms with E-state index in [1.54, 1.807) is 0 Å². The maximum atomic E-state index is 11.2. The number of H-pyrrole nitrogens is 2. The summed E-state index contributed by atoms with van der Waals surface area (Å²) in [4.78, 5) is 16.7. The van der Waals surface area contributed by atoms with Gasteiger partial charge in [0.25, 0.3) is 0 Å². The maximum absolute atomic E-state index is 11.2. The minimum absolute atomic E-state index is 0.100. The molecule has 0 saturated carbocycles. The first-order valence-corrected chi connectivity index (χ1v) is 6.97. The fraction of sp³-hybridized carbons (Fsp3) is 0.533. The molecule has 2 unspecified atom stereocenters. The zero-order valence-electron chi connectivity index (χ0n) is 12.4. The second-order valence-electron chi connectivity index (χ2n) is 6.00. The fourth-order valence-corrected chi connectivity index (χ4v) is 2.00. The van der Waals surface area contributed by atoms with E-state index in [1.165, 1.54) is 0 Å². The van der Waals surface area contributed by atoms with Crippen molar-refractivity contribution in [1.29, 1.82) is 0 Å². The number of aliphatic hydroxyl groups is 1. The van der Waals surface area contributed by atoms with Crippen LogP contribution in [0.3, 0.4) is 0 Å². The summed E-state index contributed by atoms with van der Waals surface area (Å²) in [7, 11) is 0. The molecule has 2 rings (SSSR count). The van der Waals surface area contributed by atoms with Crippen LogP contribution in [0.5, 0.6) is 0 Å². The van der Waals surface area contributed by atoms with Crippen LogP contribution in [0.15, 0.2) is 23.0 Å². The van der Waals surface area contributed by atoms with Gasteiger partial charge in [-0.3, -0.25) is 0 Å². The molecule has 0 aliphatic rings. The molecule has 2 aromatic rings. The summed E-state index contributed by atoms with van der Waals surface area (Å²) in [5, 5.41) is 13.6. The van der Waals surface area contributed by atoms with Crippen molar-refractivity contribution in [2.45, 2.75) is 39.3 Å². The molecule has 0 amide bonds. The lowest BCUT2D eigenvalue weighted by Gasteiger charge is -2.29. The Labute approximate surface area is 118 Å². The largest absolute Gasteiger partial charge is 0.389 e. The van der Waals surface area contributed by atoms with Gasteiger partial charge in [-0.2, -0.15) is 0 Å². The van der Waals surface area contributed by atoms with Crippen LogP contribution in [0, 0.1) is 5.92 Å². The fourth-order valence-electron chi connectivity index (χ4n) is 2.00. The highest BCUT2D eigenvalue weighted by Crippen LogP contribution is 2.19. The van der Waals surface area contributed by atoms with Gasteiger partial charge in [0.1, 0.15) is 0 Å². The first kappa shape index (κ1) is 14.8. The lowest BCUT2D eigenvalue weighted by atomic mass is 9.92. The van der Waals surface area contributed by atoms with Gasteiger partial charge in [-0.1, -0.05) is 19.9 Å². The molecule has 0 bridgehead atoms. The lowest BCUT2D eigenvalue weighted by molar-refractivity contribution is 0.0122. The van der Waals surface area contributed by atoms with Crippen LogP contribution in [0.4, 0.5) is 0 Å². The second kappa shape index (κ2) is 5.42. The summed E-state index contributed by atoms with van der Waals surface area (Å²) in [5.41, 5.74) is 1.76. The molecule has 0 saturated heterocycles. The van der Waals surface area contributed by atoms with Crippen molar-refractivity contribution in [3.8, 4) is 0 Å². The molecule has 5 heteroatoms. The SMILES string of the molecule is CC(NCC(C)(O)C(C)C)c1ccc2[nH]c(=O)[nH]c2c1. The number of hydrogen-bond acceptors (Lipinski definition) is 3. The number of nitrogens with one attached hydrogen (secondary N) is 3. The van der Waals surface area contributed by atoms with E-state index < -0.39 is 5.60 Å². The Morgan fingerprint density at radius 3 is 2.55 bits per heavy atom. The van der Waals surface area contributed by atoms with E-state index in [0.29, 0.717) is 6.54 Å². The number of hydrogen-bond donors (Lipinski definition) is 4. The van der Waals surface area contributed by atoms with Crippen LogP contribution in [-0.2, 0) is 0 Å². The molecule has 2 atom stereocenters. The van der Waals surface area contributed by atoms with Gasteiger partial charge in [0.05, 0.1) is 16.6 Å². The number of aromatic amines is 2. The average Bonchev–Trinajstić information content (AvgIpc) is 2.74. The molecule has 0 spiro atoms. The zero-order chi connectivity index (χ0) is 14.9. The van der Waals surface area contributed by atoms with E-state index in [9.17, 15) is 9.90 Å². The molecule has 1 aromatic carbocycles. The van der Waals surface area contributed by atoms with Crippen molar-refractivity contribution >= 4 is 11.0 Å². The number of fused-ring (bicyclic) bond motifs is 1. The van der Waals surface area contributed by atoms with E-state index >= 15 is 0 Å². The Morgan fingerprint density at radius 2 is 1.90 bits per heavy atom. The minimum atomic E-state index is -0.735. The third kappa shape index (κ3) is 3.11. The normalized spacial score (nSPS) is 16.5. The van der Waals surface area contributed by atoms with Crippen molar-refractivity contribution in [1.82, 2.24) is 15.3 Å². The van der Waals surface area contributed by atoms with Gasteiger partial charge in [0, 0.05) is 12.6 Å². The lowest BCUT2D eigenvalue weighted by Crippen LogP contribution is -2.42. The summed E-state index contributed by atoms with van der Waals surface area (Å²) in [6.07, 6.45) is 0. The molecule has 20 heavy (non-hydrogen) atoms. The van der Waals surface area contributed by atoms with Gasteiger partial charge in [0.15, 0.2) is 0 Å². The molecule has 4 N–H and O–H groups in total. The van der Waals surface area contributed by atoms with Crippen LogP contribution in [0.1, 0.15) is 39.3 Å². The van der Waals surface area contributed by atoms with Crippen molar-refractivity contribution in [2.75, 3.05) is 6.54 Å². The van der Waals surface area contributed by atoms with Crippen molar-refractivity contribution in [2.24, 2.45) is 5.92 Å². The molecule has 5 nitrogen and oxygen atoms in total. The van der Waals surface area contributed by atoms with E-state index in [0.717, 1.165) is 16.6 Å². The third-order valence-corrected chi connectivity index (χ3v) is 4.05. The van der Waals surface area contributed by atoms with Crippen molar-refractivity contribution in [3.63, 3.8) is 0 Å². The second-order valence-corrected chi connectivity index (χ2v) is 6.00. The Morgan fingerprint density at radius 1 is 1.25 bits per heavy atom. The molecule has 0 aliphatic carbocycles. The van der Waals surface area contributed by atoms with E-state index in [4.69, 9.17) is 0 Å². The van der Waals surface area contributed by atoms with E-state index in [1.807, 2.05) is 45.9 Å². The third-order valence-electron chi connectivity index (χ3n) is 4.05. The molecule has 0 radical (unpaired) electrons. The monoisotopic (exact) mass is 277 g/mol. The summed E-state index contributed by atoms with van der Waals surface area (Å²) in [6.45, 7) is 8.41. The molecular formula is C15H23N3O2. The maximum Gasteiger partial charge on any atom is 0.323 e. The highest BCUT2D eigenvalue weighted by Gasteiger charge is 2.25. The first-order valence-electron chi connectivity index (χ1n) is 6.97. The predicted octanol–water partition coefficient (Wildman–Crippen LogP) is 1.91. The van der Waals surface area contributed by atoms with Crippen LogP contribution in [-0.4, -0.2) is 27.2 Å². The van der Waals surface area contributed by atoms with Gasteiger partial charge in [0.2, 0.25) is 0 Å². The number of imidazole rings is 1. The molecule has 110 valence electrons. The van der Waals surface area contributed by atoms with E-state index in [-0.39, 0.29) is 17.6 Å². The summed E-state index contributed by atoms with van der Waals surface area (Å²) in [5.74, 6) is 0.186. The predicted molar refractivity (Wildman–Crippen MR) is 80.8 cm³/mol.